The van der Waals surface area contributed by atoms with E-state index in [1.165, 1.54) is 66.1 Å². The average molecular weight is 662 g/mol. The van der Waals surface area contributed by atoms with Crippen LogP contribution < -0.4 is 4.90 Å². The van der Waals surface area contributed by atoms with E-state index in [0.717, 1.165) is 17.1 Å². The zero-order chi connectivity index (χ0) is 34.5. The van der Waals surface area contributed by atoms with E-state index < -0.39 is 5.41 Å². The zero-order valence-corrected chi connectivity index (χ0v) is 28.7. The number of nitrogens with zero attached hydrogens (tertiary/aromatic N) is 1. The minimum Gasteiger partial charge on any atom is -0.310 e. The first-order chi connectivity index (χ1) is 25.8. The average Bonchev–Trinajstić information content (AvgIpc) is 3.54. The third-order valence-corrected chi connectivity index (χ3v) is 10.9. The predicted molar refractivity (Wildman–Crippen MR) is 219 cm³/mol. The summed E-state index contributed by atoms with van der Waals surface area (Å²) >= 11 is 0. The molecule has 0 spiro atoms. The highest BCUT2D eigenvalue weighted by atomic mass is 15.1. The van der Waals surface area contributed by atoms with Crippen LogP contribution in [0, 0.1) is 0 Å². The fourth-order valence-corrected chi connectivity index (χ4v) is 8.65. The van der Waals surface area contributed by atoms with Crippen LogP contribution in [0.4, 0.5) is 17.1 Å². The van der Waals surface area contributed by atoms with Crippen molar-refractivity contribution in [3.8, 4) is 22.3 Å². The molecule has 0 bridgehead atoms. The molecule has 0 heterocycles. The summed E-state index contributed by atoms with van der Waals surface area (Å²) in [5, 5.41) is 4.99. The van der Waals surface area contributed by atoms with Gasteiger partial charge < -0.3 is 4.90 Å². The first kappa shape index (κ1) is 30.2. The van der Waals surface area contributed by atoms with Crippen LogP contribution in [0.1, 0.15) is 22.3 Å². The quantitative estimate of drug-likeness (QED) is 0.160. The molecule has 0 N–H and O–H groups in total. The highest BCUT2D eigenvalue weighted by Crippen LogP contribution is 2.59. The normalized spacial score (nSPS) is 12.8. The summed E-state index contributed by atoms with van der Waals surface area (Å²) in [6, 6.07) is 77.8. The van der Waals surface area contributed by atoms with Crippen LogP contribution in [0.25, 0.3) is 43.8 Å². The van der Waals surface area contributed by atoms with E-state index in [1.807, 2.05) is 0 Å². The maximum Gasteiger partial charge on any atom is 0.0714 e. The Balaban J connectivity index is 1.27. The van der Waals surface area contributed by atoms with E-state index in [1.54, 1.807) is 0 Å². The molecule has 244 valence electrons. The standard InChI is InChI=1S/C51H35N/c1-4-15-36(16-5-1)37-29-32-42(33-30-37)52(43-34-31-39-28-27-38-17-10-11-22-44(38)46(39)35-43)49-26-14-25-48-50(49)45-23-12-13-24-47(45)51(48,40-18-6-2-7-19-40)41-20-8-3-9-21-41/h1-35H. The van der Waals surface area contributed by atoms with E-state index in [-0.39, 0.29) is 0 Å². The summed E-state index contributed by atoms with van der Waals surface area (Å²) in [6.07, 6.45) is 0. The largest absolute Gasteiger partial charge is 0.310 e. The predicted octanol–water partition coefficient (Wildman–Crippen LogP) is 13.5. The van der Waals surface area contributed by atoms with Gasteiger partial charge in [-0.25, -0.2) is 0 Å². The molecule has 1 aliphatic rings. The molecule has 0 fully saturated rings. The van der Waals surface area contributed by atoms with Crippen molar-refractivity contribution in [1.82, 2.24) is 0 Å². The highest BCUT2D eigenvalue weighted by molar-refractivity contribution is 6.09. The number of fused-ring (bicyclic) bond motifs is 6. The number of hydrogen-bond donors (Lipinski definition) is 0. The first-order valence-corrected chi connectivity index (χ1v) is 18.0. The lowest BCUT2D eigenvalue weighted by atomic mass is 9.68. The molecule has 52 heavy (non-hydrogen) atoms. The molecule has 0 aliphatic heterocycles. The summed E-state index contributed by atoms with van der Waals surface area (Å²) in [7, 11) is 0. The Kier molecular flexibility index (Phi) is 7.11. The zero-order valence-electron chi connectivity index (χ0n) is 28.7. The van der Waals surface area contributed by atoms with Gasteiger partial charge in [0.15, 0.2) is 0 Å². The molecular formula is C51H35N. The SMILES string of the molecule is c1ccc(-c2ccc(N(c3ccc4ccc5ccccc5c4c3)c3cccc4c3-c3ccccc3C4(c3ccccc3)c3ccccc3)cc2)cc1. The Morgan fingerprint density at radius 3 is 1.62 bits per heavy atom. The van der Waals surface area contributed by atoms with Crippen molar-refractivity contribution in [1.29, 1.82) is 0 Å². The van der Waals surface area contributed by atoms with E-state index in [0.29, 0.717) is 0 Å². The van der Waals surface area contributed by atoms with Crippen LogP contribution in [-0.2, 0) is 5.41 Å². The molecule has 9 aromatic carbocycles. The molecular weight excluding hydrogens is 627 g/mol. The highest BCUT2D eigenvalue weighted by Gasteiger charge is 2.47. The van der Waals surface area contributed by atoms with E-state index in [4.69, 9.17) is 0 Å². The van der Waals surface area contributed by atoms with Crippen LogP contribution in [0.3, 0.4) is 0 Å². The van der Waals surface area contributed by atoms with Gasteiger partial charge in [0, 0.05) is 16.9 Å². The molecule has 1 heteroatoms. The Labute approximate surface area is 304 Å². The Hall–Kier alpha value is -6.70. The molecule has 0 amide bonds. The van der Waals surface area contributed by atoms with Crippen LogP contribution in [0.15, 0.2) is 212 Å². The van der Waals surface area contributed by atoms with Gasteiger partial charge in [-0.3, -0.25) is 0 Å². The van der Waals surface area contributed by atoms with Crippen molar-refractivity contribution in [2.45, 2.75) is 5.41 Å². The molecule has 0 radical (unpaired) electrons. The summed E-state index contributed by atoms with van der Waals surface area (Å²) in [5.74, 6) is 0. The van der Waals surface area contributed by atoms with Gasteiger partial charge in [0.05, 0.1) is 11.1 Å². The van der Waals surface area contributed by atoms with Gasteiger partial charge >= 0.3 is 0 Å². The maximum absolute atomic E-state index is 2.47. The molecule has 0 saturated carbocycles. The lowest BCUT2D eigenvalue weighted by Crippen LogP contribution is -2.28. The van der Waals surface area contributed by atoms with Crippen LogP contribution in [0.2, 0.25) is 0 Å². The summed E-state index contributed by atoms with van der Waals surface area (Å²) in [5.41, 5.74) is 13.0. The molecule has 0 atom stereocenters. The molecule has 0 saturated heterocycles. The maximum atomic E-state index is 2.47. The van der Waals surface area contributed by atoms with Gasteiger partial charge in [-0.05, 0) is 90.8 Å². The Morgan fingerprint density at radius 1 is 0.346 bits per heavy atom. The van der Waals surface area contributed by atoms with Crippen LogP contribution in [-0.4, -0.2) is 0 Å². The molecule has 1 nitrogen and oxygen atoms in total. The van der Waals surface area contributed by atoms with Gasteiger partial charge in [0.25, 0.3) is 0 Å². The topological polar surface area (TPSA) is 3.24 Å². The van der Waals surface area contributed by atoms with Gasteiger partial charge in [0.1, 0.15) is 0 Å². The smallest absolute Gasteiger partial charge is 0.0714 e. The minimum atomic E-state index is -0.479. The lowest BCUT2D eigenvalue weighted by Gasteiger charge is -2.34. The van der Waals surface area contributed by atoms with Crippen molar-refractivity contribution in [3.05, 3.63) is 235 Å². The lowest BCUT2D eigenvalue weighted by molar-refractivity contribution is 0.768. The van der Waals surface area contributed by atoms with Crippen molar-refractivity contribution in [2.24, 2.45) is 0 Å². The van der Waals surface area contributed by atoms with Crippen molar-refractivity contribution in [2.75, 3.05) is 4.90 Å². The van der Waals surface area contributed by atoms with Crippen molar-refractivity contribution in [3.63, 3.8) is 0 Å². The third kappa shape index (κ3) is 4.63. The molecule has 9 aromatic rings. The van der Waals surface area contributed by atoms with E-state index >= 15 is 0 Å². The van der Waals surface area contributed by atoms with Crippen molar-refractivity contribution >= 4 is 38.6 Å². The van der Waals surface area contributed by atoms with Crippen molar-refractivity contribution < 1.29 is 0 Å². The van der Waals surface area contributed by atoms with Gasteiger partial charge in [0.2, 0.25) is 0 Å². The van der Waals surface area contributed by atoms with Gasteiger partial charge in [-0.1, -0.05) is 182 Å². The fourth-order valence-electron chi connectivity index (χ4n) is 8.65. The Morgan fingerprint density at radius 2 is 0.885 bits per heavy atom. The monoisotopic (exact) mass is 661 g/mol. The van der Waals surface area contributed by atoms with E-state index in [2.05, 4.69) is 217 Å². The second-order valence-electron chi connectivity index (χ2n) is 13.7. The molecule has 1 aliphatic carbocycles. The molecule has 0 unspecified atom stereocenters. The fraction of sp³-hybridized carbons (Fsp3) is 0.0196. The minimum absolute atomic E-state index is 0.479. The third-order valence-electron chi connectivity index (χ3n) is 10.9. The first-order valence-electron chi connectivity index (χ1n) is 18.0. The van der Waals surface area contributed by atoms with Crippen LogP contribution in [0.5, 0.6) is 0 Å². The second kappa shape index (κ2) is 12.3. The molecule has 0 aromatic heterocycles. The number of rotatable bonds is 6. The Bertz CT molecular complexity index is 2670. The van der Waals surface area contributed by atoms with E-state index in [9.17, 15) is 0 Å². The summed E-state index contributed by atoms with van der Waals surface area (Å²) < 4.78 is 0. The van der Waals surface area contributed by atoms with Gasteiger partial charge in [-0.15, -0.1) is 0 Å². The summed E-state index contributed by atoms with van der Waals surface area (Å²) in [4.78, 5) is 2.47. The second-order valence-corrected chi connectivity index (χ2v) is 13.7. The molecule has 10 rings (SSSR count). The summed E-state index contributed by atoms with van der Waals surface area (Å²) in [6.45, 7) is 0. The number of benzene rings is 9. The van der Waals surface area contributed by atoms with Gasteiger partial charge in [-0.2, -0.15) is 0 Å². The number of hydrogen-bond acceptors (Lipinski definition) is 1. The van der Waals surface area contributed by atoms with Crippen LogP contribution >= 0.6 is 0 Å². The number of anilines is 3.